The van der Waals surface area contributed by atoms with Gasteiger partial charge in [0.15, 0.2) is 9.84 Å². The van der Waals surface area contributed by atoms with Gasteiger partial charge < -0.3 is 16.0 Å². The molecule has 1 heterocycles. The Kier molecular flexibility index (Phi) is 6.74. The number of nitrogens with two attached hydrogens (primary N) is 1. The number of nitrogens with one attached hydrogen (secondary N) is 1. The fourth-order valence-corrected chi connectivity index (χ4v) is 3.69. The molecule has 1 amide bonds. The minimum Gasteiger partial charge on any atom is -0.370 e. The van der Waals surface area contributed by atoms with Gasteiger partial charge in [0.1, 0.15) is 0 Å². The fourth-order valence-electron chi connectivity index (χ4n) is 2.44. The minimum absolute atomic E-state index is 0.0787. The number of piperidine rings is 1. The van der Waals surface area contributed by atoms with Crippen LogP contribution in [0.3, 0.4) is 0 Å². The molecule has 0 spiro atoms. The smallest absolute Gasteiger partial charge is 0.218 e. The average Bonchev–Trinajstić information content (AvgIpc) is 2.35. The molecule has 0 aliphatic carbocycles. The molecule has 112 valence electrons. The highest BCUT2D eigenvalue weighted by Gasteiger charge is 2.21. The van der Waals surface area contributed by atoms with Crippen LogP contribution in [0, 0.1) is 5.92 Å². The second-order valence-electron chi connectivity index (χ2n) is 5.23. The highest BCUT2D eigenvalue weighted by atomic mass is 32.2. The molecule has 7 heteroatoms. The van der Waals surface area contributed by atoms with Gasteiger partial charge in [-0.25, -0.2) is 8.42 Å². The Hall–Kier alpha value is -0.660. The van der Waals surface area contributed by atoms with Crippen molar-refractivity contribution in [1.82, 2.24) is 10.2 Å². The zero-order chi connectivity index (χ0) is 14.3. The number of primary amides is 1. The molecule has 1 saturated heterocycles. The first kappa shape index (κ1) is 16.4. The van der Waals surface area contributed by atoms with Gasteiger partial charge >= 0.3 is 0 Å². The lowest BCUT2D eigenvalue weighted by Crippen LogP contribution is -2.41. The largest absolute Gasteiger partial charge is 0.370 e. The Balaban J connectivity index is 2.32. The van der Waals surface area contributed by atoms with Gasteiger partial charge in [-0.15, -0.1) is 0 Å². The number of likely N-dealkylation sites (tertiary alicyclic amines) is 1. The Labute approximate surface area is 115 Å². The second kappa shape index (κ2) is 7.81. The predicted octanol–water partition coefficient (Wildman–Crippen LogP) is -0.792. The summed E-state index contributed by atoms with van der Waals surface area (Å²) in [6.07, 6.45) is 2.24. The van der Waals surface area contributed by atoms with Gasteiger partial charge in [0.2, 0.25) is 5.91 Å². The van der Waals surface area contributed by atoms with Gasteiger partial charge in [0.25, 0.3) is 0 Å². The van der Waals surface area contributed by atoms with E-state index in [0.717, 1.165) is 26.1 Å². The van der Waals surface area contributed by atoms with Crippen molar-refractivity contribution in [1.29, 1.82) is 0 Å². The summed E-state index contributed by atoms with van der Waals surface area (Å²) in [5, 5.41) is 3.17. The van der Waals surface area contributed by atoms with Crippen LogP contribution < -0.4 is 11.1 Å². The third-order valence-electron chi connectivity index (χ3n) is 3.47. The fraction of sp³-hybridized carbons (Fsp3) is 0.917. The Morgan fingerprint density at radius 3 is 2.79 bits per heavy atom. The molecule has 0 saturated carbocycles. The normalized spacial score (nSPS) is 21.4. The number of nitrogens with zero attached hydrogens (tertiary/aromatic N) is 1. The van der Waals surface area contributed by atoms with E-state index in [1.165, 1.54) is 6.42 Å². The average molecular weight is 291 g/mol. The quantitative estimate of drug-likeness (QED) is 0.611. The van der Waals surface area contributed by atoms with Crippen LogP contribution in [0.4, 0.5) is 0 Å². The van der Waals surface area contributed by atoms with E-state index in [1.54, 1.807) is 0 Å². The monoisotopic (exact) mass is 291 g/mol. The van der Waals surface area contributed by atoms with Gasteiger partial charge in [-0.2, -0.15) is 0 Å². The Morgan fingerprint density at radius 2 is 2.16 bits per heavy atom. The maximum absolute atomic E-state index is 11.7. The molecular formula is C12H25N3O3S. The number of hydrogen-bond acceptors (Lipinski definition) is 5. The number of hydrogen-bond donors (Lipinski definition) is 2. The number of amides is 1. The summed E-state index contributed by atoms with van der Waals surface area (Å²) in [6.45, 7) is 3.45. The van der Waals surface area contributed by atoms with E-state index >= 15 is 0 Å². The highest BCUT2D eigenvalue weighted by molar-refractivity contribution is 7.91. The van der Waals surface area contributed by atoms with Crippen LogP contribution in [0.2, 0.25) is 0 Å². The van der Waals surface area contributed by atoms with E-state index in [1.807, 2.05) is 7.05 Å². The lowest BCUT2D eigenvalue weighted by Gasteiger charge is -2.32. The maximum Gasteiger partial charge on any atom is 0.218 e. The molecule has 6 nitrogen and oxygen atoms in total. The van der Waals surface area contributed by atoms with Gasteiger partial charge in [-0.05, 0) is 38.9 Å². The molecule has 1 rings (SSSR count). The standard InChI is InChI=1S/C12H25N3O3S/c1-14-9-11-3-2-5-15(10-11)6-8-19(17,18)7-4-12(13)16/h11,14H,2-10H2,1H3,(H2,13,16). The van der Waals surface area contributed by atoms with Crippen molar-refractivity contribution < 1.29 is 13.2 Å². The number of sulfone groups is 1. The summed E-state index contributed by atoms with van der Waals surface area (Å²) in [4.78, 5) is 12.8. The summed E-state index contributed by atoms with van der Waals surface area (Å²) in [6, 6.07) is 0. The first-order valence-electron chi connectivity index (χ1n) is 6.78. The van der Waals surface area contributed by atoms with E-state index < -0.39 is 15.7 Å². The lowest BCUT2D eigenvalue weighted by atomic mass is 9.98. The summed E-state index contributed by atoms with van der Waals surface area (Å²) in [5.74, 6) is 0.0329. The van der Waals surface area contributed by atoms with Crippen LogP contribution in [0.1, 0.15) is 19.3 Å². The van der Waals surface area contributed by atoms with Crippen molar-refractivity contribution >= 4 is 15.7 Å². The van der Waals surface area contributed by atoms with Crippen molar-refractivity contribution in [2.24, 2.45) is 11.7 Å². The number of rotatable bonds is 8. The molecule has 1 aliphatic heterocycles. The molecule has 0 radical (unpaired) electrons. The van der Waals surface area contributed by atoms with E-state index in [-0.39, 0.29) is 17.9 Å². The highest BCUT2D eigenvalue weighted by Crippen LogP contribution is 2.15. The zero-order valence-corrected chi connectivity index (χ0v) is 12.4. The van der Waals surface area contributed by atoms with Crippen LogP contribution in [0.5, 0.6) is 0 Å². The summed E-state index contributed by atoms with van der Waals surface area (Å²) in [5.41, 5.74) is 4.97. The lowest BCUT2D eigenvalue weighted by molar-refractivity contribution is -0.117. The van der Waals surface area contributed by atoms with Crippen molar-refractivity contribution in [3.63, 3.8) is 0 Å². The van der Waals surface area contributed by atoms with Crippen LogP contribution in [0.15, 0.2) is 0 Å². The number of carbonyl (C=O) groups excluding carboxylic acids is 1. The van der Waals surface area contributed by atoms with E-state index in [9.17, 15) is 13.2 Å². The van der Waals surface area contributed by atoms with Gasteiger partial charge in [0.05, 0.1) is 11.5 Å². The van der Waals surface area contributed by atoms with Crippen molar-refractivity contribution in [3.8, 4) is 0 Å². The molecule has 1 aliphatic rings. The van der Waals surface area contributed by atoms with Crippen LogP contribution in [0.25, 0.3) is 0 Å². The zero-order valence-electron chi connectivity index (χ0n) is 11.6. The molecule has 3 N–H and O–H groups in total. The maximum atomic E-state index is 11.7. The van der Waals surface area contributed by atoms with E-state index in [0.29, 0.717) is 12.5 Å². The first-order chi connectivity index (χ1) is 8.93. The van der Waals surface area contributed by atoms with Crippen LogP contribution in [-0.4, -0.2) is 64.0 Å². The van der Waals surface area contributed by atoms with E-state index in [4.69, 9.17) is 5.73 Å². The molecule has 1 unspecified atom stereocenters. The molecule has 1 atom stereocenters. The third kappa shape index (κ3) is 6.89. The summed E-state index contributed by atoms with van der Waals surface area (Å²) < 4.78 is 23.5. The second-order valence-corrected chi connectivity index (χ2v) is 7.54. The molecule has 0 bridgehead atoms. The third-order valence-corrected chi connectivity index (χ3v) is 5.10. The van der Waals surface area contributed by atoms with Gasteiger partial charge in [-0.1, -0.05) is 0 Å². The minimum atomic E-state index is -3.16. The predicted molar refractivity (Wildman–Crippen MR) is 75.6 cm³/mol. The molecule has 0 aromatic heterocycles. The van der Waals surface area contributed by atoms with Crippen LogP contribution >= 0.6 is 0 Å². The van der Waals surface area contributed by atoms with Crippen LogP contribution in [-0.2, 0) is 14.6 Å². The topological polar surface area (TPSA) is 92.5 Å². The van der Waals surface area contributed by atoms with E-state index in [2.05, 4.69) is 10.2 Å². The molecule has 0 aromatic rings. The first-order valence-corrected chi connectivity index (χ1v) is 8.61. The van der Waals surface area contributed by atoms with Gasteiger partial charge in [0, 0.05) is 19.5 Å². The van der Waals surface area contributed by atoms with Crippen molar-refractivity contribution in [3.05, 3.63) is 0 Å². The SMILES string of the molecule is CNCC1CCCN(CCS(=O)(=O)CCC(N)=O)C1. The number of carbonyl (C=O) groups is 1. The molecule has 0 aromatic carbocycles. The summed E-state index contributed by atoms with van der Waals surface area (Å²) in [7, 11) is -1.23. The Morgan fingerprint density at radius 1 is 1.42 bits per heavy atom. The molecule has 19 heavy (non-hydrogen) atoms. The van der Waals surface area contributed by atoms with Crippen molar-refractivity contribution in [2.75, 3.05) is 44.7 Å². The Bertz CT molecular complexity index is 382. The molecule has 1 fully saturated rings. The van der Waals surface area contributed by atoms with Gasteiger partial charge in [-0.3, -0.25) is 4.79 Å². The summed E-state index contributed by atoms with van der Waals surface area (Å²) >= 11 is 0. The molecular weight excluding hydrogens is 266 g/mol. The van der Waals surface area contributed by atoms with Crippen molar-refractivity contribution in [2.45, 2.75) is 19.3 Å².